The molecule has 10 heavy (non-hydrogen) atoms. The van der Waals surface area contributed by atoms with Crippen molar-refractivity contribution in [2.24, 2.45) is 5.14 Å². The van der Waals surface area contributed by atoms with Crippen molar-refractivity contribution in [2.45, 2.75) is 19.4 Å². The lowest BCUT2D eigenvalue weighted by atomic mass is 10.3. The van der Waals surface area contributed by atoms with Crippen molar-refractivity contribution in [2.75, 3.05) is 0 Å². The first-order valence-corrected chi connectivity index (χ1v) is 4.24. The van der Waals surface area contributed by atoms with Gasteiger partial charge in [-0.05, 0) is 6.42 Å². The molecule has 0 rings (SSSR count). The van der Waals surface area contributed by atoms with Gasteiger partial charge in [0, 0.05) is 0 Å². The maximum absolute atomic E-state index is 10.3. The van der Waals surface area contributed by atoms with Crippen LogP contribution in [0.4, 0.5) is 0 Å². The number of nitrogens with two attached hydrogens (primary N) is 1. The van der Waals surface area contributed by atoms with Crippen LogP contribution in [-0.2, 0) is 10.2 Å². The fraction of sp³-hybridized carbons (Fsp3) is 0.750. The number of nitriles is 1. The largest absolute Gasteiger partial charge is 0.275 e. The molecule has 0 aromatic carbocycles. The number of hydrogen-bond acceptors (Lipinski definition) is 3. The van der Waals surface area contributed by atoms with Crippen molar-refractivity contribution in [1.82, 2.24) is 4.72 Å². The molecule has 0 bridgehead atoms. The highest BCUT2D eigenvalue weighted by atomic mass is 32.2. The molecule has 1 atom stereocenters. The Bertz CT molecular complexity index is 227. The van der Waals surface area contributed by atoms with E-state index in [0.29, 0.717) is 6.42 Å². The minimum absolute atomic E-state index is 0.410. The summed E-state index contributed by atoms with van der Waals surface area (Å²) in [5, 5.41) is 12.9. The Balaban J connectivity index is 4.04. The topological polar surface area (TPSA) is 96.0 Å². The lowest BCUT2D eigenvalue weighted by Crippen LogP contribution is -2.38. The van der Waals surface area contributed by atoms with E-state index in [1.54, 1.807) is 13.0 Å². The molecule has 0 aliphatic heterocycles. The Morgan fingerprint density at radius 2 is 2.30 bits per heavy atom. The third kappa shape index (κ3) is 4.26. The van der Waals surface area contributed by atoms with E-state index < -0.39 is 16.3 Å². The van der Waals surface area contributed by atoms with Crippen molar-refractivity contribution < 1.29 is 8.42 Å². The summed E-state index contributed by atoms with van der Waals surface area (Å²) < 4.78 is 22.5. The van der Waals surface area contributed by atoms with Crippen LogP contribution in [0.1, 0.15) is 13.3 Å². The fourth-order valence-corrected chi connectivity index (χ4v) is 1.02. The monoisotopic (exact) mass is 163 g/mol. The predicted molar refractivity (Wildman–Crippen MR) is 35.9 cm³/mol. The Kier molecular flexibility index (Phi) is 3.28. The van der Waals surface area contributed by atoms with Gasteiger partial charge < -0.3 is 0 Å². The molecule has 3 N–H and O–H groups in total. The van der Waals surface area contributed by atoms with Gasteiger partial charge in [0.2, 0.25) is 0 Å². The summed E-state index contributed by atoms with van der Waals surface area (Å²) in [7, 11) is -3.72. The Morgan fingerprint density at radius 3 is 2.40 bits per heavy atom. The van der Waals surface area contributed by atoms with Crippen molar-refractivity contribution in [1.29, 1.82) is 5.26 Å². The predicted octanol–water partition coefficient (Wildman–Crippen LogP) is -0.918. The molecular weight excluding hydrogens is 154 g/mol. The molecule has 0 heterocycles. The van der Waals surface area contributed by atoms with Crippen LogP contribution >= 0.6 is 0 Å². The molecule has 6 heteroatoms. The lowest BCUT2D eigenvalue weighted by molar-refractivity contribution is 0.571. The summed E-state index contributed by atoms with van der Waals surface area (Å²) in [6, 6.07) is 1.03. The van der Waals surface area contributed by atoms with Crippen molar-refractivity contribution in [3.63, 3.8) is 0 Å². The van der Waals surface area contributed by atoms with Gasteiger partial charge >= 0.3 is 0 Å². The van der Waals surface area contributed by atoms with E-state index in [-0.39, 0.29) is 0 Å². The second-order valence-corrected chi connectivity index (χ2v) is 3.08. The van der Waals surface area contributed by atoms with E-state index >= 15 is 0 Å². The third-order valence-corrected chi connectivity index (χ3v) is 1.48. The second kappa shape index (κ2) is 3.51. The van der Waals surface area contributed by atoms with Crippen LogP contribution in [0, 0.1) is 11.3 Å². The van der Waals surface area contributed by atoms with Crippen LogP contribution in [0.2, 0.25) is 0 Å². The highest BCUT2D eigenvalue weighted by molar-refractivity contribution is 7.87. The molecule has 5 nitrogen and oxygen atoms in total. The van der Waals surface area contributed by atoms with Gasteiger partial charge in [0.25, 0.3) is 10.2 Å². The van der Waals surface area contributed by atoms with E-state index in [9.17, 15) is 8.42 Å². The fourth-order valence-electron chi connectivity index (χ4n) is 0.399. The van der Waals surface area contributed by atoms with Crippen molar-refractivity contribution >= 4 is 10.2 Å². The van der Waals surface area contributed by atoms with Crippen molar-refractivity contribution in [3.05, 3.63) is 0 Å². The SMILES string of the molecule is CCC(C#N)NS(N)(=O)=O. The molecule has 0 aliphatic carbocycles. The first-order chi connectivity index (χ1) is 4.49. The summed E-state index contributed by atoms with van der Waals surface area (Å²) >= 11 is 0. The summed E-state index contributed by atoms with van der Waals surface area (Å²) in [6.45, 7) is 1.69. The zero-order chi connectivity index (χ0) is 8.20. The average molecular weight is 163 g/mol. The summed E-state index contributed by atoms with van der Waals surface area (Å²) in [6.07, 6.45) is 0.410. The van der Waals surface area contributed by atoms with Crippen LogP contribution < -0.4 is 9.86 Å². The zero-order valence-electron chi connectivity index (χ0n) is 5.53. The van der Waals surface area contributed by atoms with Gasteiger partial charge in [-0.1, -0.05) is 6.92 Å². The maximum atomic E-state index is 10.3. The molecule has 0 saturated carbocycles. The van der Waals surface area contributed by atoms with E-state index in [4.69, 9.17) is 5.26 Å². The molecular formula is C4H9N3O2S. The molecule has 0 amide bonds. The Hall–Kier alpha value is -0.640. The van der Waals surface area contributed by atoms with Crippen LogP contribution in [-0.4, -0.2) is 14.5 Å². The van der Waals surface area contributed by atoms with E-state index in [1.807, 2.05) is 4.72 Å². The van der Waals surface area contributed by atoms with Crippen LogP contribution in [0.25, 0.3) is 0 Å². The number of rotatable bonds is 3. The summed E-state index contributed by atoms with van der Waals surface area (Å²) in [5.41, 5.74) is 0. The van der Waals surface area contributed by atoms with Gasteiger partial charge in [-0.2, -0.15) is 18.4 Å². The summed E-state index contributed by atoms with van der Waals surface area (Å²) in [5.74, 6) is 0. The Morgan fingerprint density at radius 1 is 1.80 bits per heavy atom. The van der Waals surface area contributed by atoms with E-state index in [2.05, 4.69) is 5.14 Å². The standard InChI is InChI=1S/C4H9N3O2S/c1-2-4(3-5)7-10(6,8)9/h4,7H,2H2,1H3,(H2,6,8,9). The van der Waals surface area contributed by atoms with Crippen LogP contribution in [0.3, 0.4) is 0 Å². The quantitative estimate of drug-likeness (QED) is 0.563. The molecule has 0 fully saturated rings. The van der Waals surface area contributed by atoms with Gasteiger partial charge in [-0.25, -0.2) is 5.14 Å². The molecule has 0 aliphatic rings. The highest BCUT2D eigenvalue weighted by Gasteiger charge is 2.09. The first kappa shape index (κ1) is 9.36. The first-order valence-electron chi connectivity index (χ1n) is 2.69. The second-order valence-electron chi connectivity index (χ2n) is 1.75. The van der Waals surface area contributed by atoms with Crippen LogP contribution in [0.5, 0.6) is 0 Å². The lowest BCUT2D eigenvalue weighted by Gasteiger charge is -2.04. The van der Waals surface area contributed by atoms with E-state index in [1.165, 1.54) is 0 Å². The number of nitrogens with one attached hydrogen (secondary N) is 1. The minimum Gasteiger partial charge on any atom is -0.216 e. The molecule has 58 valence electrons. The van der Waals surface area contributed by atoms with Crippen molar-refractivity contribution in [3.8, 4) is 6.07 Å². The average Bonchev–Trinajstić information content (AvgIpc) is 1.81. The normalized spacial score (nSPS) is 14.1. The molecule has 0 saturated heterocycles. The molecule has 0 aromatic heterocycles. The molecule has 0 spiro atoms. The minimum atomic E-state index is -3.72. The zero-order valence-corrected chi connectivity index (χ0v) is 6.35. The Labute approximate surface area is 60.0 Å². The third-order valence-electron chi connectivity index (χ3n) is 0.871. The van der Waals surface area contributed by atoms with Gasteiger partial charge in [0.15, 0.2) is 0 Å². The molecule has 0 aromatic rings. The molecule has 1 unspecified atom stereocenters. The maximum Gasteiger partial charge on any atom is 0.275 e. The number of hydrogen-bond donors (Lipinski definition) is 2. The molecule has 0 radical (unpaired) electrons. The number of nitrogens with zero attached hydrogens (tertiary/aromatic N) is 1. The van der Waals surface area contributed by atoms with Gasteiger partial charge in [0.1, 0.15) is 6.04 Å². The van der Waals surface area contributed by atoms with Crippen LogP contribution in [0.15, 0.2) is 0 Å². The van der Waals surface area contributed by atoms with Gasteiger partial charge in [0.05, 0.1) is 6.07 Å². The van der Waals surface area contributed by atoms with Gasteiger partial charge in [-0.15, -0.1) is 0 Å². The highest BCUT2D eigenvalue weighted by Crippen LogP contribution is 1.87. The van der Waals surface area contributed by atoms with E-state index in [0.717, 1.165) is 0 Å². The summed E-state index contributed by atoms with van der Waals surface area (Å²) in [4.78, 5) is 0. The van der Waals surface area contributed by atoms with Gasteiger partial charge in [-0.3, -0.25) is 0 Å². The smallest absolute Gasteiger partial charge is 0.216 e.